The van der Waals surface area contributed by atoms with Gasteiger partial charge in [0.05, 0.1) is 29.7 Å². The molecular formula is C26H22N2O4S2. The van der Waals surface area contributed by atoms with Crippen LogP contribution in [0.5, 0.6) is 5.75 Å². The number of anilines is 1. The Labute approximate surface area is 204 Å². The number of thioether (sulfide) groups is 1. The third-order valence-corrected chi connectivity index (χ3v) is 10.8. The number of hydrogen-bond acceptors (Lipinski definition) is 6. The van der Waals surface area contributed by atoms with E-state index in [1.807, 2.05) is 48.5 Å². The van der Waals surface area contributed by atoms with Crippen LogP contribution in [-0.2, 0) is 9.59 Å². The van der Waals surface area contributed by atoms with Crippen molar-refractivity contribution in [2.75, 3.05) is 12.0 Å². The molecule has 2 bridgehead atoms. The molecule has 2 amide bonds. The van der Waals surface area contributed by atoms with Gasteiger partial charge in [0.2, 0.25) is 11.8 Å². The van der Waals surface area contributed by atoms with Crippen LogP contribution < -0.4 is 14.5 Å². The van der Waals surface area contributed by atoms with Crippen molar-refractivity contribution in [3.63, 3.8) is 0 Å². The van der Waals surface area contributed by atoms with E-state index in [4.69, 9.17) is 4.74 Å². The predicted molar refractivity (Wildman–Crippen MR) is 130 cm³/mol. The van der Waals surface area contributed by atoms with Crippen molar-refractivity contribution < 1.29 is 14.3 Å². The molecule has 1 saturated heterocycles. The normalized spacial score (nSPS) is 33.1. The summed E-state index contributed by atoms with van der Waals surface area (Å²) in [5.74, 6) is 0.427. The highest BCUT2D eigenvalue weighted by atomic mass is 32.2. The van der Waals surface area contributed by atoms with Crippen molar-refractivity contribution in [2.24, 2.45) is 29.6 Å². The van der Waals surface area contributed by atoms with Gasteiger partial charge in [0.15, 0.2) is 0 Å². The predicted octanol–water partition coefficient (Wildman–Crippen LogP) is 4.12. The molecule has 2 aliphatic carbocycles. The van der Waals surface area contributed by atoms with Gasteiger partial charge in [0.1, 0.15) is 5.75 Å². The van der Waals surface area contributed by atoms with Crippen molar-refractivity contribution in [1.29, 1.82) is 0 Å². The summed E-state index contributed by atoms with van der Waals surface area (Å²) < 4.78 is 5.73. The fourth-order valence-corrected chi connectivity index (χ4v) is 10.00. The number of H-pyrrole nitrogens is 1. The van der Waals surface area contributed by atoms with Crippen LogP contribution in [0.4, 0.5) is 5.69 Å². The van der Waals surface area contributed by atoms with Crippen LogP contribution in [-0.4, -0.2) is 29.2 Å². The molecule has 3 heterocycles. The first-order chi connectivity index (χ1) is 16.6. The standard InChI is InChI=1S/C26H22N2O4S2/c1-32-16-10-6-5-9-13(16)17-18-14-11-15(21(18)33-23-22(17)34-26(31)27-23)20-19(14)24(29)28(25(20)30)12-7-3-2-4-8-12/h2-10,14-15,17-21H,11H2,1H3,(H,27,31)/t14-,15-,17?,18?,19?,20?,21?/m1/s1. The van der Waals surface area contributed by atoms with Crippen LogP contribution in [0.25, 0.3) is 0 Å². The number of imide groups is 1. The summed E-state index contributed by atoms with van der Waals surface area (Å²) in [6.45, 7) is 0. The van der Waals surface area contributed by atoms with Gasteiger partial charge >= 0.3 is 4.87 Å². The number of carbonyl (C=O) groups excluding carboxylic acids is 2. The Morgan fingerprint density at radius 2 is 1.65 bits per heavy atom. The van der Waals surface area contributed by atoms with Gasteiger partial charge in [-0.3, -0.25) is 19.3 Å². The minimum absolute atomic E-state index is 0.0361. The first kappa shape index (κ1) is 20.5. The van der Waals surface area contributed by atoms with Gasteiger partial charge in [-0.1, -0.05) is 47.7 Å². The number of fused-ring (bicyclic) bond motifs is 9. The molecule has 1 N–H and O–H groups in total. The molecule has 1 aromatic heterocycles. The summed E-state index contributed by atoms with van der Waals surface area (Å²) in [6, 6.07) is 17.3. The van der Waals surface area contributed by atoms with E-state index in [0.29, 0.717) is 5.69 Å². The average molecular weight is 491 g/mol. The van der Waals surface area contributed by atoms with E-state index < -0.39 is 0 Å². The van der Waals surface area contributed by atoms with E-state index in [-0.39, 0.29) is 57.4 Å². The number of thiazole rings is 1. The zero-order valence-electron chi connectivity index (χ0n) is 18.3. The summed E-state index contributed by atoms with van der Waals surface area (Å²) in [7, 11) is 1.67. The SMILES string of the molecule is COc1ccccc1C1c2sc(=O)[nH]c2SC2C1[C@H]1C[C@@H]2C2C(=O)N(c3ccccc3)C(=O)C21. The second kappa shape index (κ2) is 7.33. The molecule has 34 heavy (non-hydrogen) atoms. The number of aromatic amines is 1. The average Bonchev–Trinajstić information content (AvgIpc) is 3.58. The second-order valence-corrected chi connectivity index (χ2v) is 11.8. The lowest BCUT2D eigenvalue weighted by Crippen LogP contribution is -2.42. The van der Waals surface area contributed by atoms with Crippen LogP contribution in [0.2, 0.25) is 0 Å². The quantitative estimate of drug-likeness (QED) is 0.559. The summed E-state index contributed by atoms with van der Waals surface area (Å²) in [6.07, 6.45) is 0.878. The van der Waals surface area contributed by atoms with Crippen LogP contribution in [0.15, 0.2) is 64.4 Å². The topological polar surface area (TPSA) is 79.5 Å². The van der Waals surface area contributed by atoms with Gasteiger partial charge in [0.25, 0.3) is 0 Å². The van der Waals surface area contributed by atoms with Crippen LogP contribution >= 0.6 is 23.1 Å². The Morgan fingerprint density at radius 3 is 2.41 bits per heavy atom. The zero-order chi connectivity index (χ0) is 23.1. The van der Waals surface area contributed by atoms with Gasteiger partial charge in [-0.25, -0.2) is 0 Å². The van der Waals surface area contributed by atoms with Crippen molar-refractivity contribution in [2.45, 2.75) is 22.6 Å². The lowest BCUT2D eigenvalue weighted by molar-refractivity contribution is -0.123. The van der Waals surface area contributed by atoms with Crippen molar-refractivity contribution in [3.8, 4) is 5.75 Å². The Balaban J connectivity index is 1.36. The first-order valence-electron chi connectivity index (χ1n) is 11.5. The molecule has 2 saturated carbocycles. The highest BCUT2D eigenvalue weighted by molar-refractivity contribution is 8.00. The van der Waals surface area contributed by atoms with E-state index >= 15 is 0 Å². The monoisotopic (exact) mass is 490 g/mol. The Hall–Kier alpha value is -2.84. The maximum atomic E-state index is 13.7. The summed E-state index contributed by atoms with van der Waals surface area (Å²) >= 11 is 2.97. The van der Waals surface area contributed by atoms with Crippen molar-refractivity contribution >= 4 is 40.6 Å². The van der Waals surface area contributed by atoms with Gasteiger partial charge in [-0.15, -0.1) is 11.8 Å². The number of nitrogens with zero attached hydrogens (tertiary/aromatic N) is 1. The molecular weight excluding hydrogens is 468 g/mol. The van der Waals surface area contributed by atoms with E-state index in [2.05, 4.69) is 11.1 Å². The number of rotatable bonds is 3. The van der Waals surface area contributed by atoms with Crippen LogP contribution in [0.3, 0.4) is 0 Å². The molecule has 6 nitrogen and oxygen atoms in total. The molecule has 0 spiro atoms. The van der Waals surface area contributed by atoms with Crippen LogP contribution in [0, 0.1) is 29.6 Å². The Kier molecular flexibility index (Phi) is 4.42. The Morgan fingerprint density at radius 1 is 0.941 bits per heavy atom. The van der Waals surface area contributed by atoms with Gasteiger partial charge < -0.3 is 9.72 Å². The molecule has 3 fully saturated rings. The highest BCUT2D eigenvalue weighted by Crippen LogP contribution is 2.69. The van der Waals surface area contributed by atoms with Crippen molar-refractivity contribution in [1.82, 2.24) is 4.98 Å². The molecule has 5 unspecified atom stereocenters. The number of benzene rings is 2. The third-order valence-electron chi connectivity index (χ3n) is 8.21. The summed E-state index contributed by atoms with van der Waals surface area (Å²) in [4.78, 5) is 45.1. The molecule has 8 heteroatoms. The smallest absolute Gasteiger partial charge is 0.305 e. The van der Waals surface area contributed by atoms with Gasteiger partial charge in [0, 0.05) is 21.6 Å². The second-order valence-electron chi connectivity index (χ2n) is 9.55. The Bertz CT molecular complexity index is 1380. The zero-order valence-corrected chi connectivity index (χ0v) is 20.0. The molecule has 7 atom stereocenters. The van der Waals surface area contributed by atoms with E-state index in [9.17, 15) is 14.4 Å². The largest absolute Gasteiger partial charge is 0.496 e. The number of nitrogens with one attached hydrogen (secondary N) is 1. The number of carbonyl (C=O) groups is 2. The molecule has 2 aromatic carbocycles. The molecule has 172 valence electrons. The molecule has 0 radical (unpaired) electrons. The minimum Gasteiger partial charge on any atom is -0.496 e. The number of amides is 2. The lowest BCUT2D eigenvalue weighted by atomic mass is 9.68. The number of para-hydroxylation sites is 2. The molecule has 7 rings (SSSR count). The highest BCUT2D eigenvalue weighted by Gasteiger charge is 2.69. The summed E-state index contributed by atoms with van der Waals surface area (Å²) in [5.41, 5.74) is 1.71. The maximum absolute atomic E-state index is 13.7. The lowest BCUT2D eigenvalue weighted by Gasteiger charge is -2.43. The van der Waals surface area contributed by atoms with E-state index in [0.717, 1.165) is 27.6 Å². The van der Waals surface area contributed by atoms with Crippen LogP contribution in [0.1, 0.15) is 22.8 Å². The maximum Gasteiger partial charge on any atom is 0.305 e. The number of hydrogen-bond donors (Lipinski definition) is 1. The van der Waals surface area contributed by atoms with E-state index in [1.54, 1.807) is 18.9 Å². The summed E-state index contributed by atoms with van der Waals surface area (Å²) in [5, 5.41) is 1.08. The fraction of sp³-hybridized carbons (Fsp3) is 0.346. The van der Waals surface area contributed by atoms with Gasteiger partial charge in [-0.2, -0.15) is 0 Å². The fourth-order valence-electron chi connectivity index (χ4n) is 7.12. The minimum atomic E-state index is -0.297. The first-order valence-corrected chi connectivity index (χ1v) is 13.2. The molecule has 4 aliphatic rings. The van der Waals surface area contributed by atoms with E-state index in [1.165, 1.54) is 16.2 Å². The number of aromatic nitrogens is 1. The third kappa shape index (κ3) is 2.61. The van der Waals surface area contributed by atoms with Gasteiger partial charge in [-0.05, 0) is 42.4 Å². The number of ether oxygens (including phenoxy) is 1. The van der Waals surface area contributed by atoms with Crippen molar-refractivity contribution in [3.05, 3.63) is 74.7 Å². The number of methoxy groups -OCH3 is 1. The molecule has 3 aromatic rings. The molecule has 2 aliphatic heterocycles.